The molecule has 0 aromatic heterocycles. The lowest BCUT2D eigenvalue weighted by molar-refractivity contribution is -0.148. The first-order valence-electron chi connectivity index (χ1n) is 6.94. The van der Waals surface area contributed by atoms with Gasteiger partial charge in [0.25, 0.3) is 0 Å². The van der Waals surface area contributed by atoms with E-state index >= 15 is 0 Å². The van der Waals surface area contributed by atoms with Gasteiger partial charge in [-0.05, 0) is 37.1 Å². The van der Waals surface area contributed by atoms with Crippen LogP contribution in [-0.4, -0.2) is 5.97 Å². The quantitative estimate of drug-likeness (QED) is 0.520. The number of hydrogen-bond acceptors (Lipinski definition) is 2. The largest absolute Gasteiger partial charge is 0.458 e. The van der Waals surface area contributed by atoms with Crippen molar-refractivity contribution in [3.8, 4) is 0 Å². The van der Waals surface area contributed by atoms with Crippen LogP contribution in [0, 0.1) is 0 Å². The fourth-order valence-electron chi connectivity index (χ4n) is 1.86. The Morgan fingerprint density at radius 2 is 1.52 bits per heavy atom. The topological polar surface area (TPSA) is 26.3 Å². The van der Waals surface area contributed by atoms with Gasteiger partial charge in [0.05, 0.1) is 11.1 Å². The average molecular weight is 342 g/mol. The smallest absolute Gasteiger partial charge is 0.416 e. The van der Waals surface area contributed by atoms with Crippen LogP contribution in [0.25, 0.3) is 0 Å². The first-order chi connectivity index (χ1) is 10.4. The first-order valence-corrected chi connectivity index (χ1v) is 6.94. The first kappa shape index (κ1) is 19.3. The summed E-state index contributed by atoms with van der Waals surface area (Å²) in [5.41, 5.74) is -3.21. The summed E-state index contributed by atoms with van der Waals surface area (Å²) >= 11 is 0. The maximum Gasteiger partial charge on any atom is 0.416 e. The predicted octanol–water partition coefficient (Wildman–Crippen LogP) is 5.52. The molecule has 0 radical (unpaired) electrons. The van der Waals surface area contributed by atoms with Gasteiger partial charge in [0.15, 0.2) is 0 Å². The highest BCUT2D eigenvalue weighted by Crippen LogP contribution is 2.37. The van der Waals surface area contributed by atoms with Crippen molar-refractivity contribution >= 4 is 5.97 Å². The van der Waals surface area contributed by atoms with E-state index in [0.717, 1.165) is 0 Å². The van der Waals surface area contributed by atoms with Crippen LogP contribution in [0.3, 0.4) is 0 Å². The summed E-state index contributed by atoms with van der Waals surface area (Å²) in [7, 11) is 0. The zero-order chi connectivity index (χ0) is 17.8. The number of esters is 1. The highest BCUT2D eigenvalue weighted by molar-refractivity contribution is 5.69. The van der Waals surface area contributed by atoms with Gasteiger partial charge in [-0.1, -0.05) is 13.3 Å². The van der Waals surface area contributed by atoms with Crippen molar-refractivity contribution in [1.82, 2.24) is 0 Å². The Kier molecular flexibility index (Phi) is 6.07. The molecule has 0 aliphatic rings. The van der Waals surface area contributed by atoms with Crippen molar-refractivity contribution in [2.45, 2.75) is 51.6 Å². The molecular weight excluding hydrogens is 326 g/mol. The van der Waals surface area contributed by atoms with Crippen LogP contribution in [-0.2, 0) is 21.9 Å². The SMILES string of the molecule is CCCCC(=O)O[C@@H](C)c1cc(C(F)(F)F)cc(C(F)(F)F)c1. The third-order valence-electron chi connectivity index (χ3n) is 3.12. The van der Waals surface area contributed by atoms with Gasteiger partial charge in [-0.15, -0.1) is 0 Å². The van der Waals surface area contributed by atoms with Gasteiger partial charge in [-0.25, -0.2) is 0 Å². The molecule has 2 nitrogen and oxygen atoms in total. The number of halogens is 6. The van der Waals surface area contributed by atoms with Gasteiger partial charge in [0, 0.05) is 6.42 Å². The average Bonchev–Trinajstić information content (AvgIpc) is 2.42. The predicted molar refractivity (Wildman–Crippen MR) is 70.5 cm³/mol. The maximum absolute atomic E-state index is 12.8. The van der Waals surface area contributed by atoms with Crippen LogP contribution in [0.15, 0.2) is 18.2 Å². The number of hydrogen-bond donors (Lipinski definition) is 0. The zero-order valence-electron chi connectivity index (χ0n) is 12.5. The van der Waals surface area contributed by atoms with Crippen molar-refractivity contribution in [3.05, 3.63) is 34.9 Å². The van der Waals surface area contributed by atoms with Gasteiger partial charge < -0.3 is 4.74 Å². The molecule has 0 bridgehead atoms. The molecule has 130 valence electrons. The van der Waals surface area contributed by atoms with Gasteiger partial charge in [-0.3, -0.25) is 4.79 Å². The standard InChI is InChI=1S/C15H16F6O2/c1-3-4-5-13(22)23-9(2)10-6-11(14(16,17)18)8-12(7-10)15(19,20)21/h6-9H,3-5H2,1-2H3/t9-/m0/s1. The molecular formula is C15H16F6O2. The Bertz CT molecular complexity index is 516. The van der Waals surface area contributed by atoms with Crippen molar-refractivity contribution in [3.63, 3.8) is 0 Å². The van der Waals surface area contributed by atoms with E-state index < -0.39 is 35.6 Å². The second-order valence-corrected chi connectivity index (χ2v) is 5.07. The van der Waals surface area contributed by atoms with E-state index in [1.54, 1.807) is 0 Å². The minimum atomic E-state index is -4.93. The van der Waals surface area contributed by atoms with Gasteiger partial charge in [-0.2, -0.15) is 26.3 Å². The third-order valence-corrected chi connectivity index (χ3v) is 3.12. The van der Waals surface area contributed by atoms with Crippen molar-refractivity contribution in [2.75, 3.05) is 0 Å². The van der Waals surface area contributed by atoms with Crippen LogP contribution in [0.5, 0.6) is 0 Å². The Labute approximate surface area is 129 Å². The summed E-state index contributed by atoms with van der Waals surface area (Å²) in [5, 5.41) is 0. The number of unbranched alkanes of at least 4 members (excludes halogenated alkanes) is 1. The van der Waals surface area contributed by atoms with E-state index in [-0.39, 0.29) is 18.1 Å². The lowest BCUT2D eigenvalue weighted by Crippen LogP contribution is -2.14. The zero-order valence-corrected chi connectivity index (χ0v) is 12.5. The second kappa shape index (κ2) is 7.23. The number of carbonyl (C=O) groups excluding carboxylic acids is 1. The lowest BCUT2D eigenvalue weighted by atomic mass is 10.0. The van der Waals surface area contributed by atoms with E-state index in [9.17, 15) is 31.1 Å². The Hall–Kier alpha value is -1.73. The van der Waals surface area contributed by atoms with E-state index in [1.165, 1.54) is 6.92 Å². The van der Waals surface area contributed by atoms with Crippen LogP contribution in [0.4, 0.5) is 26.3 Å². The van der Waals surface area contributed by atoms with Gasteiger partial charge >= 0.3 is 18.3 Å². The van der Waals surface area contributed by atoms with Gasteiger partial charge in [0.2, 0.25) is 0 Å². The Morgan fingerprint density at radius 1 is 1.04 bits per heavy atom. The molecule has 23 heavy (non-hydrogen) atoms. The van der Waals surface area contributed by atoms with Gasteiger partial charge in [0.1, 0.15) is 6.10 Å². The molecule has 0 saturated heterocycles. The molecule has 0 unspecified atom stereocenters. The summed E-state index contributed by atoms with van der Waals surface area (Å²) in [5.74, 6) is -0.662. The summed E-state index contributed by atoms with van der Waals surface area (Å²) < 4.78 is 81.4. The molecule has 0 saturated carbocycles. The molecule has 0 spiro atoms. The fraction of sp³-hybridized carbons (Fsp3) is 0.533. The number of alkyl halides is 6. The monoisotopic (exact) mass is 342 g/mol. The van der Waals surface area contributed by atoms with Crippen molar-refractivity contribution in [1.29, 1.82) is 0 Å². The Balaban J connectivity index is 3.12. The summed E-state index contributed by atoms with van der Waals surface area (Å²) in [6, 6.07) is 1.16. The minimum absolute atomic E-state index is 0.0368. The molecule has 0 amide bonds. The summed E-state index contributed by atoms with van der Waals surface area (Å²) in [6.07, 6.45) is -9.76. The second-order valence-electron chi connectivity index (χ2n) is 5.07. The molecule has 1 aromatic carbocycles. The summed E-state index contributed by atoms with van der Waals surface area (Å²) in [4.78, 5) is 11.5. The Morgan fingerprint density at radius 3 is 1.91 bits per heavy atom. The minimum Gasteiger partial charge on any atom is -0.458 e. The van der Waals surface area contributed by atoms with Crippen molar-refractivity contribution < 1.29 is 35.9 Å². The highest BCUT2D eigenvalue weighted by Gasteiger charge is 2.37. The fourth-order valence-corrected chi connectivity index (χ4v) is 1.86. The maximum atomic E-state index is 12.8. The molecule has 1 atom stereocenters. The number of carbonyl (C=O) groups is 1. The molecule has 1 aromatic rings. The summed E-state index contributed by atoms with van der Waals surface area (Å²) in [6.45, 7) is 3.07. The number of benzene rings is 1. The number of rotatable bonds is 5. The van der Waals surface area contributed by atoms with Crippen LogP contribution >= 0.6 is 0 Å². The highest BCUT2D eigenvalue weighted by atomic mass is 19.4. The molecule has 8 heteroatoms. The van der Waals surface area contributed by atoms with Crippen LogP contribution in [0.1, 0.15) is 55.9 Å². The van der Waals surface area contributed by atoms with E-state index in [2.05, 4.69) is 0 Å². The molecule has 0 N–H and O–H groups in total. The van der Waals surface area contributed by atoms with Crippen LogP contribution in [0.2, 0.25) is 0 Å². The number of ether oxygens (including phenoxy) is 1. The molecule has 0 heterocycles. The molecule has 0 aliphatic heterocycles. The van der Waals surface area contributed by atoms with E-state index in [4.69, 9.17) is 4.74 Å². The lowest BCUT2D eigenvalue weighted by Gasteiger charge is -2.18. The van der Waals surface area contributed by atoms with E-state index in [1.807, 2.05) is 6.92 Å². The third kappa shape index (κ3) is 5.76. The van der Waals surface area contributed by atoms with Crippen molar-refractivity contribution in [2.24, 2.45) is 0 Å². The van der Waals surface area contributed by atoms with E-state index in [0.29, 0.717) is 25.0 Å². The molecule has 0 aliphatic carbocycles. The van der Waals surface area contributed by atoms with Crippen LogP contribution < -0.4 is 0 Å². The normalized spacial score (nSPS) is 13.7. The molecule has 0 fully saturated rings. The molecule has 1 rings (SSSR count).